The standard InChI is InChI=1S/C16H15N3S2/c1-11-5-7-13(8-6-11)14-10-21-16(17-14)19-18-12(2)15-4-3-9-20-15/h3-10H,1-2H3,(H,17,19)/b18-12-. The van der Waals surface area contributed by atoms with Gasteiger partial charge in [0.15, 0.2) is 0 Å². The number of nitrogens with one attached hydrogen (secondary N) is 1. The quantitative estimate of drug-likeness (QED) is 0.542. The fraction of sp³-hybridized carbons (Fsp3) is 0.125. The zero-order valence-electron chi connectivity index (χ0n) is 11.8. The van der Waals surface area contributed by atoms with Crippen molar-refractivity contribution >= 4 is 33.5 Å². The fourth-order valence-electron chi connectivity index (χ4n) is 1.85. The predicted molar refractivity (Wildman–Crippen MR) is 92.4 cm³/mol. The second kappa shape index (κ2) is 6.20. The number of hydrazone groups is 1. The van der Waals surface area contributed by atoms with E-state index in [0.717, 1.165) is 27.0 Å². The van der Waals surface area contributed by atoms with Crippen LogP contribution in [0.3, 0.4) is 0 Å². The minimum Gasteiger partial charge on any atom is -0.252 e. The first-order valence-corrected chi connectivity index (χ1v) is 8.35. The van der Waals surface area contributed by atoms with Crippen LogP contribution in [0.1, 0.15) is 17.4 Å². The normalized spacial score (nSPS) is 11.6. The average Bonchev–Trinajstić information content (AvgIpc) is 3.17. The lowest BCUT2D eigenvalue weighted by molar-refractivity contribution is 1.27. The summed E-state index contributed by atoms with van der Waals surface area (Å²) in [5.41, 5.74) is 7.37. The van der Waals surface area contributed by atoms with Gasteiger partial charge in [-0.25, -0.2) is 4.98 Å². The maximum Gasteiger partial charge on any atom is 0.203 e. The van der Waals surface area contributed by atoms with Gasteiger partial charge in [-0.2, -0.15) is 5.10 Å². The fourth-order valence-corrected chi connectivity index (χ4v) is 3.19. The Bertz CT molecular complexity index is 740. The van der Waals surface area contributed by atoms with Crippen molar-refractivity contribution < 1.29 is 0 Å². The van der Waals surface area contributed by atoms with Crippen LogP contribution < -0.4 is 5.43 Å². The monoisotopic (exact) mass is 313 g/mol. The van der Waals surface area contributed by atoms with Gasteiger partial charge in [0, 0.05) is 15.8 Å². The Morgan fingerprint density at radius 1 is 1.14 bits per heavy atom. The number of hydrogen-bond acceptors (Lipinski definition) is 5. The summed E-state index contributed by atoms with van der Waals surface area (Å²) < 4.78 is 0. The summed E-state index contributed by atoms with van der Waals surface area (Å²) in [5.74, 6) is 0. The molecule has 0 aliphatic heterocycles. The number of aromatic nitrogens is 1. The van der Waals surface area contributed by atoms with Gasteiger partial charge in [0.1, 0.15) is 0 Å². The lowest BCUT2D eigenvalue weighted by Crippen LogP contribution is -1.96. The van der Waals surface area contributed by atoms with Crippen LogP contribution in [0.2, 0.25) is 0 Å². The molecule has 0 aliphatic rings. The molecule has 0 unspecified atom stereocenters. The molecule has 21 heavy (non-hydrogen) atoms. The van der Waals surface area contributed by atoms with E-state index < -0.39 is 0 Å². The minimum atomic E-state index is 0.807. The highest BCUT2D eigenvalue weighted by Crippen LogP contribution is 2.25. The molecule has 3 rings (SSSR count). The molecule has 0 fully saturated rings. The van der Waals surface area contributed by atoms with Crippen molar-refractivity contribution in [2.45, 2.75) is 13.8 Å². The molecule has 0 spiro atoms. The van der Waals surface area contributed by atoms with Gasteiger partial charge in [-0.15, -0.1) is 22.7 Å². The second-order valence-corrected chi connectivity index (χ2v) is 6.50. The summed E-state index contributed by atoms with van der Waals surface area (Å²) >= 11 is 3.24. The summed E-state index contributed by atoms with van der Waals surface area (Å²) in [6.45, 7) is 4.08. The zero-order chi connectivity index (χ0) is 14.7. The molecular weight excluding hydrogens is 298 g/mol. The van der Waals surface area contributed by atoms with Crippen LogP contribution in [0.25, 0.3) is 11.3 Å². The molecule has 5 heteroatoms. The first kappa shape index (κ1) is 14.0. The van der Waals surface area contributed by atoms with Crippen LogP contribution in [0, 0.1) is 6.92 Å². The van der Waals surface area contributed by atoms with Crippen molar-refractivity contribution in [3.8, 4) is 11.3 Å². The number of thiazole rings is 1. The highest BCUT2D eigenvalue weighted by Gasteiger charge is 2.04. The van der Waals surface area contributed by atoms with E-state index in [9.17, 15) is 0 Å². The highest BCUT2D eigenvalue weighted by molar-refractivity contribution is 7.14. The minimum absolute atomic E-state index is 0.807. The van der Waals surface area contributed by atoms with Crippen molar-refractivity contribution in [2.75, 3.05) is 5.43 Å². The molecule has 3 aromatic rings. The van der Waals surface area contributed by atoms with Gasteiger partial charge in [0.05, 0.1) is 11.4 Å². The van der Waals surface area contributed by atoms with Crippen LogP contribution in [0.4, 0.5) is 5.13 Å². The Morgan fingerprint density at radius 3 is 2.67 bits per heavy atom. The van der Waals surface area contributed by atoms with Crippen LogP contribution in [0.5, 0.6) is 0 Å². The van der Waals surface area contributed by atoms with Crippen molar-refractivity contribution in [1.29, 1.82) is 0 Å². The van der Waals surface area contributed by atoms with Gasteiger partial charge in [0.2, 0.25) is 5.13 Å². The molecule has 106 valence electrons. The Labute approximate surface area is 132 Å². The summed E-state index contributed by atoms with van der Waals surface area (Å²) in [5, 5.41) is 9.28. The molecule has 0 bridgehead atoms. The number of rotatable bonds is 4. The van der Waals surface area contributed by atoms with E-state index in [1.54, 1.807) is 22.7 Å². The number of anilines is 1. The Balaban J connectivity index is 1.73. The van der Waals surface area contributed by atoms with E-state index >= 15 is 0 Å². The van der Waals surface area contributed by atoms with Gasteiger partial charge in [-0.05, 0) is 25.3 Å². The van der Waals surface area contributed by atoms with E-state index in [1.807, 2.05) is 23.8 Å². The molecule has 3 nitrogen and oxygen atoms in total. The number of thiophene rings is 1. The molecule has 0 amide bonds. The number of nitrogens with zero attached hydrogens (tertiary/aromatic N) is 2. The Kier molecular flexibility index (Phi) is 4.13. The van der Waals surface area contributed by atoms with E-state index in [4.69, 9.17) is 0 Å². The van der Waals surface area contributed by atoms with Gasteiger partial charge in [-0.3, -0.25) is 5.43 Å². The Hall–Kier alpha value is -1.98. The van der Waals surface area contributed by atoms with Gasteiger partial charge < -0.3 is 0 Å². The molecule has 0 saturated carbocycles. The molecule has 0 aliphatic carbocycles. The molecule has 1 N–H and O–H groups in total. The van der Waals surface area contributed by atoms with Crippen LogP contribution in [-0.2, 0) is 0 Å². The third-order valence-corrected chi connectivity index (χ3v) is 4.77. The lowest BCUT2D eigenvalue weighted by atomic mass is 10.1. The molecular formula is C16H15N3S2. The maximum absolute atomic E-state index is 4.57. The summed E-state index contributed by atoms with van der Waals surface area (Å²) in [4.78, 5) is 5.73. The molecule has 0 atom stereocenters. The van der Waals surface area contributed by atoms with Gasteiger partial charge in [-0.1, -0.05) is 35.9 Å². The van der Waals surface area contributed by atoms with Crippen LogP contribution in [-0.4, -0.2) is 10.7 Å². The topological polar surface area (TPSA) is 37.3 Å². The third kappa shape index (κ3) is 3.37. The summed E-state index contributed by atoms with van der Waals surface area (Å²) in [6.07, 6.45) is 0. The first-order valence-electron chi connectivity index (χ1n) is 6.59. The third-order valence-electron chi connectivity index (χ3n) is 3.05. The van der Waals surface area contributed by atoms with E-state index in [-0.39, 0.29) is 0 Å². The van der Waals surface area contributed by atoms with E-state index in [1.165, 1.54) is 5.56 Å². The Morgan fingerprint density at radius 2 is 1.95 bits per heavy atom. The van der Waals surface area contributed by atoms with Crippen LogP contribution in [0.15, 0.2) is 52.3 Å². The molecule has 1 aromatic carbocycles. The summed E-state index contributed by atoms with van der Waals surface area (Å²) in [6, 6.07) is 12.5. The number of benzene rings is 1. The van der Waals surface area contributed by atoms with Gasteiger partial charge >= 0.3 is 0 Å². The molecule has 2 heterocycles. The van der Waals surface area contributed by atoms with Crippen molar-refractivity contribution in [2.24, 2.45) is 5.10 Å². The SMILES string of the molecule is C/C(=N/Nc1nc(-c2ccc(C)cc2)cs1)c1cccs1. The van der Waals surface area contributed by atoms with Gasteiger partial charge in [0.25, 0.3) is 0 Å². The van der Waals surface area contributed by atoms with Crippen molar-refractivity contribution in [1.82, 2.24) is 4.98 Å². The second-order valence-electron chi connectivity index (χ2n) is 4.69. The summed E-state index contributed by atoms with van der Waals surface area (Å²) in [7, 11) is 0. The number of hydrogen-bond donors (Lipinski definition) is 1. The molecule has 2 aromatic heterocycles. The van der Waals surface area contributed by atoms with Crippen molar-refractivity contribution in [3.05, 3.63) is 57.6 Å². The largest absolute Gasteiger partial charge is 0.252 e. The smallest absolute Gasteiger partial charge is 0.203 e. The zero-order valence-corrected chi connectivity index (χ0v) is 13.5. The van der Waals surface area contributed by atoms with Crippen molar-refractivity contribution in [3.63, 3.8) is 0 Å². The van der Waals surface area contributed by atoms with E-state index in [2.05, 4.69) is 52.8 Å². The van der Waals surface area contributed by atoms with Crippen LogP contribution >= 0.6 is 22.7 Å². The predicted octanol–water partition coefficient (Wildman–Crippen LogP) is 5.02. The first-order chi connectivity index (χ1) is 10.2. The van der Waals surface area contributed by atoms with E-state index in [0.29, 0.717) is 0 Å². The molecule has 0 radical (unpaired) electrons. The molecule has 0 saturated heterocycles. The number of aryl methyl sites for hydroxylation is 1. The maximum atomic E-state index is 4.57. The average molecular weight is 313 g/mol. The highest BCUT2D eigenvalue weighted by atomic mass is 32.1. The lowest BCUT2D eigenvalue weighted by Gasteiger charge is -1.98.